The Balaban J connectivity index is 1.68. The summed E-state index contributed by atoms with van der Waals surface area (Å²) in [5.41, 5.74) is 0.782. The summed E-state index contributed by atoms with van der Waals surface area (Å²) in [6.07, 6.45) is 4.99. The second kappa shape index (κ2) is 7.82. The molecule has 1 aromatic rings. The van der Waals surface area contributed by atoms with E-state index in [0.29, 0.717) is 24.3 Å². The van der Waals surface area contributed by atoms with Crippen molar-refractivity contribution in [3.8, 4) is 11.5 Å². The second-order valence-corrected chi connectivity index (χ2v) is 6.82. The van der Waals surface area contributed by atoms with Gasteiger partial charge in [0.2, 0.25) is 17.7 Å². The van der Waals surface area contributed by atoms with Crippen LogP contribution in [0.1, 0.15) is 18.4 Å². The van der Waals surface area contributed by atoms with E-state index in [2.05, 4.69) is 0 Å². The smallest absolute Gasteiger partial charge is 0.242 e. The molecule has 27 heavy (non-hydrogen) atoms. The third-order valence-corrected chi connectivity index (χ3v) is 5.21. The largest absolute Gasteiger partial charge is 0.493 e. The highest BCUT2D eigenvalue weighted by Gasteiger charge is 2.47. The Hall–Kier alpha value is -2.83. The van der Waals surface area contributed by atoms with Gasteiger partial charge in [0.15, 0.2) is 11.5 Å². The lowest BCUT2D eigenvalue weighted by molar-refractivity contribution is -0.146. The van der Waals surface area contributed by atoms with Gasteiger partial charge in [-0.1, -0.05) is 24.3 Å². The van der Waals surface area contributed by atoms with E-state index in [1.165, 1.54) is 4.90 Å². The maximum atomic E-state index is 12.6. The fraction of sp³-hybridized carbons (Fsp3) is 0.450. The average Bonchev–Trinajstić information content (AvgIpc) is 2.92. The molecule has 0 N–H and O–H groups in total. The number of imide groups is 1. The fourth-order valence-electron chi connectivity index (χ4n) is 3.70. The van der Waals surface area contributed by atoms with Crippen molar-refractivity contribution < 1.29 is 23.9 Å². The Kier molecular flexibility index (Phi) is 5.48. The van der Waals surface area contributed by atoms with Crippen molar-refractivity contribution in [2.75, 3.05) is 27.8 Å². The van der Waals surface area contributed by atoms with Gasteiger partial charge in [0.25, 0.3) is 0 Å². The zero-order chi connectivity index (χ0) is 19.6. The van der Waals surface area contributed by atoms with Crippen LogP contribution in [0.3, 0.4) is 0 Å². The molecule has 0 radical (unpaired) electrons. The average molecular weight is 372 g/mol. The number of amides is 3. The Labute approximate surface area is 158 Å². The Morgan fingerprint density at radius 2 is 1.74 bits per heavy atom. The molecule has 3 amide bonds. The number of carbonyl (C=O) groups is 3. The first-order valence-corrected chi connectivity index (χ1v) is 8.92. The first-order valence-electron chi connectivity index (χ1n) is 8.92. The number of para-hydroxylation sites is 1. The molecule has 0 aromatic heterocycles. The summed E-state index contributed by atoms with van der Waals surface area (Å²) in [6.45, 7) is 0.0529. The number of likely N-dealkylation sites (N-methyl/N-ethyl adjacent to an activating group) is 1. The normalized spacial score (nSPS) is 21.2. The molecule has 0 saturated carbocycles. The van der Waals surface area contributed by atoms with Gasteiger partial charge in [-0.2, -0.15) is 0 Å². The zero-order valence-electron chi connectivity index (χ0n) is 15.8. The third kappa shape index (κ3) is 3.54. The summed E-state index contributed by atoms with van der Waals surface area (Å²) in [7, 11) is 4.73. The molecule has 3 rings (SSSR count). The molecule has 1 heterocycles. The molecule has 0 spiro atoms. The van der Waals surface area contributed by atoms with E-state index in [9.17, 15) is 14.4 Å². The number of nitrogens with zero attached hydrogens (tertiary/aromatic N) is 2. The van der Waals surface area contributed by atoms with Crippen molar-refractivity contribution in [1.29, 1.82) is 0 Å². The zero-order valence-corrected chi connectivity index (χ0v) is 15.8. The van der Waals surface area contributed by atoms with Gasteiger partial charge in [0.1, 0.15) is 6.54 Å². The number of ether oxygens (including phenoxy) is 2. The predicted octanol–water partition coefficient (Wildman–Crippen LogP) is 1.61. The number of allylic oxidation sites excluding steroid dienone is 2. The molecular formula is C20H24N2O5. The van der Waals surface area contributed by atoms with Crippen LogP contribution < -0.4 is 9.47 Å². The molecule has 1 fully saturated rings. The summed E-state index contributed by atoms with van der Waals surface area (Å²) in [5.74, 6) is -0.279. The Morgan fingerprint density at radius 1 is 1.11 bits per heavy atom. The van der Waals surface area contributed by atoms with E-state index < -0.39 is 0 Å². The first-order chi connectivity index (χ1) is 13.0. The van der Waals surface area contributed by atoms with Crippen LogP contribution in [0.4, 0.5) is 0 Å². The Bertz CT molecular complexity index is 763. The standard InChI is InChI=1S/C20H24N2O5/c1-21(11-13-7-6-10-16(26-2)18(13)27-3)17(23)12-22-19(24)14-8-4-5-9-15(14)20(22)25/h4-7,10,14-15H,8-9,11-12H2,1-3H3/t14-,15-/m0/s1. The van der Waals surface area contributed by atoms with Gasteiger partial charge >= 0.3 is 0 Å². The number of hydrogen-bond acceptors (Lipinski definition) is 5. The molecule has 0 bridgehead atoms. The van der Waals surface area contributed by atoms with Crippen molar-refractivity contribution in [3.63, 3.8) is 0 Å². The first kappa shape index (κ1) is 18.9. The number of fused-ring (bicyclic) bond motifs is 1. The molecule has 0 unspecified atom stereocenters. The Morgan fingerprint density at radius 3 is 2.30 bits per heavy atom. The molecule has 2 atom stereocenters. The number of carbonyl (C=O) groups excluding carboxylic acids is 3. The molecule has 1 aliphatic heterocycles. The summed E-state index contributed by atoms with van der Waals surface area (Å²) >= 11 is 0. The lowest BCUT2D eigenvalue weighted by Gasteiger charge is -2.22. The topological polar surface area (TPSA) is 76.2 Å². The molecule has 1 saturated heterocycles. The van der Waals surface area contributed by atoms with Gasteiger partial charge < -0.3 is 14.4 Å². The predicted molar refractivity (Wildman–Crippen MR) is 98.1 cm³/mol. The molecular weight excluding hydrogens is 348 g/mol. The van der Waals surface area contributed by atoms with E-state index >= 15 is 0 Å². The molecule has 7 heteroatoms. The van der Waals surface area contributed by atoms with E-state index in [1.807, 2.05) is 24.3 Å². The number of benzene rings is 1. The highest BCUT2D eigenvalue weighted by molar-refractivity contribution is 6.07. The van der Waals surface area contributed by atoms with Crippen molar-refractivity contribution in [1.82, 2.24) is 9.80 Å². The fourth-order valence-corrected chi connectivity index (χ4v) is 3.70. The van der Waals surface area contributed by atoms with Crippen LogP contribution >= 0.6 is 0 Å². The van der Waals surface area contributed by atoms with E-state index in [0.717, 1.165) is 10.5 Å². The third-order valence-electron chi connectivity index (χ3n) is 5.21. The van der Waals surface area contributed by atoms with Gasteiger partial charge in [-0.3, -0.25) is 19.3 Å². The SMILES string of the molecule is COc1cccc(CN(C)C(=O)CN2C(=O)[C@H]3CC=CC[C@@H]3C2=O)c1OC. The van der Waals surface area contributed by atoms with Crippen molar-refractivity contribution in [3.05, 3.63) is 35.9 Å². The van der Waals surface area contributed by atoms with Crippen LogP contribution in [-0.2, 0) is 20.9 Å². The van der Waals surface area contributed by atoms with Gasteiger partial charge in [-0.05, 0) is 18.9 Å². The van der Waals surface area contributed by atoms with Gasteiger partial charge in [0.05, 0.1) is 26.1 Å². The second-order valence-electron chi connectivity index (χ2n) is 6.82. The van der Waals surface area contributed by atoms with Crippen LogP contribution in [0.2, 0.25) is 0 Å². The summed E-state index contributed by atoms with van der Waals surface area (Å²) in [4.78, 5) is 40.3. The van der Waals surface area contributed by atoms with Crippen LogP contribution in [0.5, 0.6) is 11.5 Å². The van der Waals surface area contributed by atoms with Crippen LogP contribution in [0.25, 0.3) is 0 Å². The lowest BCUT2D eigenvalue weighted by atomic mass is 9.85. The number of likely N-dealkylation sites (tertiary alicyclic amines) is 1. The minimum Gasteiger partial charge on any atom is -0.493 e. The monoisotopic (exact) mass is 372 g/mol. The van der Waals surface area contributed by atoms with Crippen LogP contribution in [-0.4, -0.2) is 55.3 Å². The van der Waals surface area contributed by atoms with E-state index in [4.69, 9.17) is 9.47 Å². The number of methoxy groups -OCH3 is 2. The highest BCUT2D eigenvalue weighted by Crippen LogP contribution is 2.35. The highest BCUT2D eigenvalue weighted by atomic mass is 16.5. The van der Waals surface area contributed by atoms with Crippen molar-refractivity contribution in [2.45, 2.75) is 19.4 Å². The summed E-state index contributed by atoms with van der Waals surface area (Å²) in [6, 6.07) is 5.44. The quantitative estimate of drug-likeness (QED) is 0.560. The molecule has 144 valence electrons. The number of hydrogen-bond donors (Lipinski definition) is 0. The summed E-state index contributed by atoms with van der Waals surface area (Å²) < 4.78 is 10.7. The van der Waals surface area contributed by atoms with Crippen LogP contribution in [0.15, 0.2) is 30.4 Å². The minimum atomic E-state index is -0.320. The maximum Gasteiger partial charge on any atom is 0.242 e. The number of rotatable bonds is 6. The van der Waals surface area contributed by atoms with Gasteiger partial charge in [-0.15, -0.1) is 0 Å². The van der Waals surface area contributed by atoms with Crippen molar-refractivity contribution >= 4 is 17.7 Å². The molecule has 2 aliphatic rings. The molecule has 1 aromatic carbocycles. The van der Waals surface area contributed by atoms with Gasteiger partial charge in [-0.25, -0.2) is 0 Å². The van der Waals surface area contributed by atoms with Crippen LogP contribution in [0, 0.1) is 11.8 Å². The minimum absolute atomic E-state index is 0.229. The van der Waals surface area contributed by atoms with E-state index in [-0.39, 0.29) is 42.6 Å². The summed E-state index contributed by atoms with van der Waals surface area (Å²) in [5, 5.41) is 0. The lowest BCUT2D eigenvalue weighted by Crippen LogP contribution is -2.41. The maximum absolute atomic E-state index is 12.6. The van der Waals surface area contributed by atoms with E-state index in [1.54, 1.807) is 27.3 Å². The van der Waals surface area contributed by atoms with Crippen molar-refractivity contribution in [2.24, 2.45) is 11.8 Å². The van der Waals surface area contributed by atoms with Gasteiger partial charge in [0, 0.05) is 19.2 Å². The molecule has 7 nitrogen and oxygen atoms in total. The molecule has 1 aliphatic carbocycles.